The monoisotopic (exact) mass is 1000 g/mol. The molecule has 0 heterocycles. The summed E-state index contributed by atoms with van der Waals surface area (Å²) in [7, 11) is 0. The normalized spacial score (nSPS) is 12.5. The van der Waals surface area contributed by atoms with Gasteiger partial charge in [0.25, 0.3) is 0 Å². The Morgan fingerprint density at radius 3 is 0.859 bits per heavy atom. The Bertz CT molecular complexity index is 1020. The van der Waals surface area contributed by atoms with E-state index in [1.54, 1.807) is 0 Å². The second-order valence-electron chi connectivity index (χ2n) is 22.8. The fraction of sp³-hybridized carbons (Fsp3) is 0.969. The lowest BCUT2D eigenvalue weighted by Gasteiger charge is -2.22. The average Bonchev–Trinajstić information content (AvgIpc) is 3.37. The molecule has 0 aliphatic heterocycles. The first-order valence-corrected chi connectivity index (χ1v) is 32.8. The number of amides is 1. The third-order valence-electron chi connectivity index (χ3n) is 15.7. The smallest absolute Gasteiger partial charge is 0.305 e. The van der Waals surface area contributed by atoms with Crippen LogP contribution < -0.4 is 5.32 Å². The topological polar surface area (TPSA) is 95.9 Å². The number of esters is 1. The predicted octanol–water partition coefficient (Wildman–Crippen LogP) is 20.6. The van der Waals surface area contributed by atoms with Crippen LogP contribution in [-0.2, 0) is 14.3 Å². The van der Waals surface area contributed by atoms with Crippen LogP contribution in [0, 0.1) is 0 Å². The van der Waals surface area contributed by atoms with Crippen LogP contribution in [0.3, 0.4) is 0 Å². The molecule has 0 radical (unpaired) electrons. The van der Waals surface area contributed by atoms with Crippen molar-refractivity contribution < 1.29 is 24.5 Å². The van der Waals surface area contributed by atoms with Crippen LogP contribution in [0.2, 0.25) is 0 Å². The Morgan fingerprint density at radius 2 is 0.577 bits per heavy atom. The van der Waals surface area contributed by atoms with Crippen molar-refractivity contribution in [2.45, 2.75) is 392 Å². The summed E-state index contributed by atoms with van der Waals surface area (Å²) >= 11 is 0. The number of hydrogen-bond acceptors (Lipinski definition) is 5. The molecule has 0 rings (SSSR count). The van der Waals surface area contributed by atoms with Crippen molar-refractivity contribution in [1.29, 1.82) is 0 Å². The molecule has 1 amide bonds. The van der Waals surface area contributed by atoms with Crippen LogP contribution in [0.15, 0.2) is 0 Å². The number of aliphatic hydroxyl groups is 2. The molecule has 2 atom stereocenters. The molecular formula is C65H129NO5. The maximum atomic E-state index is 12.5. The highest BCUT2D eigenvalue weighted by molar-refractivity contribution is 5.76. The summed E-state index contributed by atoms with van der Waals surface area (Å²) in [6, 6.07) is -0.549. The fourth-order valence-electron chi connectivity index (χ4n) is 10.6. The Morgan fingerprint density at radius 1 is 0.338 bits per heavy atom. The Kier molecular flexibility index (Phi) is 60.4. The number of carbonyl (C=O) groups excluding carboxylic acids is 2. The van der Waals surface area contributed by atoms with E-state index >= 15 is 0 Å². The van der Waals surface area contributed by atoms with Crippen LogP contribution in [0.4, 0.5) is 0 Å². The molecule has 71 heavy (non-hydrogen) atoms. The van der Waals surface area contributed by atoms with E-state index in [9.17, 15) is 19.8 Å². The Hall–Kier alpha value is -1.14. The first kappa shape index (κ1) is 69.9. The van der Waals surface area contributed by atoms with Gasteiger partial charge in [-0.25, -0.2) is 0 Å². The van der Waals surface area contributed by atoms with Gasteiger partial charge in [-0.3, -0.25) is 9.59 Å². The molecule has 0 saturated heterocycles. The minimum atomic E-state index is -0.671. The van der Waals surface area contributed by atoms with Crippen LogP contribution in [0.1, 0.15) is 380 Å². The number of carbonyl (C=O) groups is 2. The van der Waals surface area contributed by atoms with Gasteiger partial charge in [0.05, 0.1) is 25.4 Å². The molecule has 0 aliphatic rings. The van der Waals surface area contributed by atoms with Crippen LogP contribution >= 0.6 is 0 Å². The number of nitrogens with one attached hydrogen (secondary N) is 1. The molecule has 0 aromatic rings. The van der Waals surface area contributed by atoms with Crippen molar-refractivity contribution >= 4 is 11.9 Å². The average molecular weight is 1000 g/mol. The Labute approximate surface area is 445 Å². The molecule has 0 aliphatic carbocycles. The lowest BCUT2D eigenvalue weighted by Crippen LogP contribution is -2.45. The third-order valence-corrected chi connectivity index (χ3v) is 15.7. The second kappa shape index (κ2) is 61.4. The van der Waals surface area contributed by atoms with Gasteiger partial charge in [-0.2, -0.15) is 0 Å². The molecule has 424 valence electrons. The van der Waals surface area contributed by atoms with Gasteiger partial charge in [0, 0.05) is 12.8 Å². The van der Waals surface area contributed by atoms with E-state index in [-0.39, 0.29) is 18.5 Å². The minimum absolute atomic E-state index is 0.00435. The SMILES string of the molecule is CCCCCCCCCCCCCCCCCCCCCCCC(O)C(CO)NC(=O)CCCCCCCCCCCCCCCCOC(=O)CCCCCCCCCCCCCCCCCCCCC. The molecule has 0 aromatic heterocycles. The summed E-state index contributed by atoms with van der Waals surface area (Å²) in [6.45, 7) is 4.98. The number of rotatable bonds is 62. The zero-order valence-corrected chi connectivity index (χ0v) is 48.5. The first-order chi connectivity index (χ1) is 35.0. The summed E-state index contributed by atoms with van der Waals surface area (Å²) in [4.78, 5) is 24.6. The van der Waals surface area contributed by atoms with Crippen LogP contribution in [-0.4, -0.2) is 47.4 Å². The molecule has 3 N–H and O–H groups in total. The highest BCUT2D eigenvalue weighted by Crippen LogP contribution is 2.19. The van der Waals surface area contributed by atoms with E-state index in [1.165, 1.54) is 295 Å². The lowest BCUT2D eigenvalue weighted by molar-refractivity contribution is -0.143. The second-order valence-corrected chi connectivity index (χ2v) is 22.8. The van der Waals surface area contributed by atoms with Crippen molar-refractivity contribution in [2.24, 2.45) is 0 Å². The quantitative estimate of drug-likeness (QED) is 0.0417. The third kappa shape index (κ3) is 58.0. The number of hydrogen-bond donors (Lipinski definition) is 3. The van der Waals surface area contributed by atoms with Gasteiger partial charge in [-0.1, -0.05) is 341 Å². The zero-order chi connectivity index (χ0) is 51.4. The number of ether oxygens (including phenoxy) is 1. The molecule has 0 spiro atoms. The molecule has 6 heteroatoms. The van der Waals surface area contributed by atoms with Gasteiger partial charge in [0.2, 0.25) is 5.91 Å². The van der Waals surface area contributed by atoms with Gasteiger partial charge in [-0.15, -0.1) is 0 Å². The van der Waals surface area contributed by atoms with Gasteiger partial charge in [0.1, 0.15) is 0 Å². The highest BCUT2D eigenvalue weighted by atomic mass is 16.5. The van der Waals surface area contributed by atoms with Gasteiger partial charge < -0.3 is 20.3 Å². The summed E-state index contributed by atoms with van der Waals surface area (Å²) in [6.07, 6.45) is 72.6. The van der Waals surface area contributed by atoms with E-state index in [1.807, 2.05) is 0 Å². The maximum Gasteiger partial charge on any atom is 0.305 e. The number of unbranched alkanes of at least 4 members (excludes halogenated alkanes) is 51. The van der Waals surface area contributed by atoms with Crippen molar-refractivity contribution in [3.05, 3.63) is 0 Å². The summed E-state index contributed by atoms with van der Waals surface area (Å²) in [5, 5.41) is 23.4. The van der Waals surface area contributed by atoms with Crippen molar-refractivity contribution in [3.8, 4) is 0 Å². The molecule has 0 aromatic carbocycles. The molecule has 2 unspecified atom stereocenters. The minimum Gasteiger partial charge on any atom is -0.466 e. The van der Waals surface area contributed by atoms with Crippen molar-refractivity contribution in [3.63, 3.8) is 0 Å². The van der Waals surface area contributed by atoms with E-state index < -0.39 is 12.1 Å². The van der Waals surface area contributed by atoms with E-state index in [0.717, 1.165) is 51.4 Å². The van der Waals surface area contributed by atoms with E-state index in [4.69, 9.17) is 4.74 Å². The van der Waals surface area contributed by atoms with Gasteiger partial charge in [-0.05, 0) is 25.7 Å². The van der Waals surface area contributed by atoms with E-state index in [2.05, 4.69) is 19.2 Å². The van der Waals surface area contributed by atoms with Gasteiger partial charge >= 0.3 is 5.97 Å². The van der Waals surface area contributed by atoms with Crippen LogP contribution in [0.5, 0.6) is 0 Å². The van der Waals surface area contributed by atoms with Crippen molar-refractivity contribution in [2.75, 3.05) is 13.2 Å². The maximum absolute atomic E-state index is 12.5. The fourth-order valence-corrected chi connectivity index (χ4v) is 10.6. The summed E-state index contributed by atoms with van der Waals surface area (Å²) in [5.41, 5.74) is 0. The molecule has 0 bridgehead atoms. The lowest BCUT2D eigenvalue weighted by atomic mass is 10.0. The van der Waals surface area contributed by atoms with Crippen LogP contribution in [0.25, 0.3) is 0 Å². The molecule has 0 saturated carbocycles. The van der Waals surface area contributed by atoms with Gasteiger partial charge in [0.15, 0.2) is 0 Å². The first-order valence-electron chi connectivity index (χ1n) is 32.8. The molecule has 6 nitrogen and oxygen atoms in total. The summed E-state index contributed by atoms with van der Waals surface area (Å²) < 4.78 is 5.50. The standard InChI is InChI=1S/C65H129NO5/c1-3-5-7-9-11-13-15-17-19-21-23-24-26-27-29-33-37-41-45-49-53-57-63(68)62(61-67)66-64(69)58-54-50-46-42-38-34-31-32-36-40-44-48-52-56-60-71-65(70)59-55-51-47-43-39-35-30-28-25-22-20-18-16-14-12-10-8-6-4-2/h62-63,67-68H,3-61H2,1-2H3,(H,66,69). The predicted molar refractivity (Wildman–Crippen MR) is 310 cm³/mol. The zero-order valence-electron chi connectivity index (χ0n) is 48.5. The highest BCUT2D eigenvalue weighted by Gasteiger charge is 2.20. The van der Waals surface area contributed by atoms with E-state index in [0.29, 0.717) is 25.9 Å². The molecule has 0 fully saturated rings. The molecular weight excluding hydrogens is 875 g/mol. The largest absolute Gasteiger partial charge is 0.466 e. The van der Waals surface area contributed by atoms with Crippen molar-refractivity contribution in [1.82, 2.24) is 5.32 Å². The Balaban J connectivity index is 3.40. The summed E-state index contributed by atoms with van der Waals surface area (Å²) in [5.74, 6) is -0.0358. The number of aliphatic hydroxyl groups excluding tert-OH is 2.